The van der Waals surface area contributed by atoms with E-state index in [2.05, 4.69) is 4.74 Å². The molecule has 0 unspecified atom stereocenters. The van der Waals surface area contributed by atoms with E-state index < -0.39 is 34.5 Å². The number of hydrogen-bond acceptors (Lipinski definition) is 3. The molecule has 1 aliphatic carbocycles. The van der Waals surface area contributed by atoms with E-state index in [0.29, 0.717) is 12.8 Å². The predicted molar refractivity (Wildman–Crippen MR) is 92.6 cm³/mol. The van der Waals surface area contributed by atoms with Crippen molar-refractivity contribution in [2.24, 2.45) is 0 Å². The van der Waals surface area contributed by atoms with E-state index >= 15 is 0 Å². The second kappa shape index (κ2) is 7.69. The molecule has 27 heavy (non-hydrogen) atoms. The topological polar surface area (TPSA) is 66.8 Å². The summed E-state index contributed by atoms with van der Waals surface area (Å²) in [6.45, 7) is 1.31. The Balaban J connectivity index is 2.60. The number of hydrogen-bond donors (Lipinski definition) is 1. The molecular formula is C18H17ClF3NO4. The number of anilines is 1. The van der Waals surface area contributed by atoms with E-state index in [4.69, 9.17) is 18.0 Å². The SMILES string of the molecule is C#CC(=O)N(c1cc(C)c(OC(F)(F)F)c(Cl)c1)C1(C(=O)O)CCCCC1. The highest BCUT2D eigenvalue weighted by Gasteiger charge is 2.48. The first-order chi connectivity index (χ1) is 12.5. The molecule has 1 amide bonds. The fourth-order valence-electron chi connectivity index (χ4n) is 3.38. The molecule has 0 spiro atoms. The third-order valence-corrected chi connectivity index (χ3v) is 4.80. The zero-order valence-electron chi connectivity index (χ0n) is 14.4. The predicted octanol–water partition coefficient (Wildman–Crippen LogP) is 4.30. The summed E-state index contributed by atoms with van der Waals surface area (Å²) in [5, 5.41) is 9.43. The van der Waals surface area contributed by atoms with Crippen LogP contribution in [0.1, 0.15) is 37.7 Å². The first kappa shape index (κ1) is 20.9. The molecule has 0 heterocycles. The van der Waals surface area contributed by atoms with Crippen LogP contribution < -0.4 is 9.64 Å². The van der Waals surface area contributed by atoms with E-state index in [0.717, 1.165) is 17.4 Å². The first-order valence-electron chi connectivity index (χ1n) is 8.12. The quantitative estimate of drug-likeness (QED) is 0.761. The maximum Gasteiger partial charge on any atom is 0.573 e. The molecule has 0 radical (unpaired) electrons. The van der Waals surface area contributed by atoms with Gasteiger partial charge in [0.05, 0.1) is 5.02 Å². The minimum Gasteiger partial charge on any atom is -0.479 e. The van der Waals surface area contributed by atoms with E-state index in [1.54, 1.807) is 0 Å². The Kier molecular flexibility index (Phi) is 5.95. The number of carbonyl (C=O) groups excluding carboxylic acids is 1. The van der Waals surface area contributed by atoms with Crippen molar-refractivity contribution in [2.75, 3.05) is 4.90 Å². The van der Waals surface area contributed by atoms with Crippen molar-refractivity contribution < 1.29 is 32.6 Å². The van der Waals surface area contributed by atoms with Crippen LogP contribution in [-0.2, 0) is 9.59 Å². The zero-order valence-corrected chi connectivity index (χ0v) is 15.2. The monoisotopic (exact) mass is 403 g/mol. The highest BCUT2D eigenvalue weighted by atomic mass is 35.5. The summed E-state index contributed by atoms with van der Waals surface area (Å²) in [7, 11) is 0. The number of rotatable bonds is 4. The van der Waals surface area contributed by atoms with Crippen LogP contribution >= 0.6 is 11.6 Å². The van der Waals surface area contributed by atoms with Crippen LogP contribution in [0.3, 0.4) is 0 Å². The van der Waals surface area contributed by atoms with Gasteiger partial charge in [0.15, 0.2) is 5.75 Å². The molecule has 1 fully saturated rings. The normalized spacial score (nSPS) is 16.3. The average Bonchev–Trinajstić information content (AvgIpc) is 2.58. The fourth-order valence-corrected chi connectivity index (χ4v) is 3.68. The lowest BCUT2D eigenvalue weighted by Gasteiger charge is -2.42. The molecule has 0 bridgehead atoms. The summed E-state index contributed by atoms with van der Waals surface area (Å²) < 4.78 is 41.6. The van der Waals surface area contributed by atoms with Gasteiger partial charge in [-0.25, -0.2) is 4.79 Å². The maximum atomic E-state index is 12.6. The van der Waals surface area contributed by atoms with Crippen molar-refractivity contribution in [1.82, 2.24) is 0 Å². The Bertz CT molecular complexity index is 772. The largest absolute Gasteiger partial charge is 0.573 e. The molecule has 1 aromatic rings. The third-order valence-electron chi connectivity index (χ3n) is 4.52. The van der Waals surface area contributed by atoms with Gasteiger partial charge in [-0.1, -0.05) is 30.9 Å². The van der Waals surface area contributed by atoms with Crippen LogP contribution in [0.4, 0.5) is 18.9 Å². The van der Waals surface area contributed by atoms with Crippen molar-refractivity contribution in [2.45, 2.75) is 50.9 Å². The van der Waals surface area contributed by atoms with E-state index in [9.17, 15) is 27.9 Å². The van der Waals surface area contributed by atoms with Gasteiger partial charge in [-0.2, -0.15) is 0 Å². The second-order valence-corrected chi connectivity index (χ2v) is 6.71. The summed E-state index contributed by atoms with van der Waals surface area (Å²) in [5.41, 5.74) is -1.58. The van der Waals surface area contributed by atoms with Gasteiger partial charge in [0.1, 0.15) is 5.54 Å². The number of benzene rings is 1. The number of alkyl halides is 3. The number of carboxylic acids is 1. The fraction of sp³-hybridized carbons (Fsp3) is 0.444. The van der Waals surface area contributed by atoms with Gasteiger partial charge in [-0.15, -0.1) is 19.6 Å². The van der Waals surface area contributed by atoms with E-state index in [1.165, 1.54) is 13.0 Å². The number of carbonyl (C=O) groups is 2. The Labute approximate surface area is 159 Å². The summed E-state index contributed by atoms with van der Waals surface area (Å²) in [6.07, 6.45) is 2.58. The van der Waals surface area contributed by atoms with Gasteiger partial charge in [0, 0.05) is 5.69 Å². The number of nitrogens with zero attached hydrogens (tertiary/aromatic N) is 1. The molecule has 1 saturated carbocycles. The number of aryl methyl sites for hydroxylation is 1. The Morgan fingerprint density at radius 3 is 2.33 bits per heavy atom. The van der Waals surface area contributed by atoms with Crippen LogP contribution in [0.5, 0.6) is 5.75 Å². The second-order valence-electron chi connectivity index (χ2n) is 6.30. The molecule has 0 aliphatic heterocycles. The van der Waals surface area contributed by atoms with Gasteiger partial charge in [0.2, 0.25) is 0 Å². The molecule has 2 rings (SSSR count). The molecule has 1 aliphatic rings. The van der Waals surface area contributed by atoms with Crippen molar-refractivity contribution in [3.8, 4) is 18.1 Å². The average molecular weight is 404 g/mol. The van der Waals surface area contributed by atoms with Gasteiger partial charge in [-0.3, -0.25) is 9.69 Å². The van der Waals surface area contributed by atoms with Crippen LogP contribution in [-0.4, -0.2) is 28.9 Å². The molecule has 9 heteroatoms. The van der Waals surface area contributed by atoms with Crippen molar-refractivity contribution >= 4 is 29.2 Å². The molecule has 5 nitrogen and oxygen atoms in total. The lowest BCUT2D eigenvalue weighted by atomic mass is 9.79. The first-order valence-corrected chi connectivity index (χ1v) is 8.50. The zero-order chi connectivity index (χ0) is 20.4. The number of halogens is 4. The number of aliphatic carboxylic acids is 1. The van der Waals surface area contributed by atoms with E-state index in [1.807, 2.05) is 5.92 Å². The summed E-state index contributed by atoms with van der Waals surface area (Å²) in [6, 6.07) is 2.27. The lowest BCUT2D eigenvalue weighted by molar-refractivity contribution is -0.274. The van der Waals surface area contributed by atoms with Crippen molar-refractivity contribution in [3.63, 3.8) is 0 Å². The van der Waals surface area contributed by atoms with Crippen molar-refractivity contribution in [3.05, 3.63) is 22.7 Å². The number of terminal acetylenes is 1. The minimum absolute atomic E-state index is 0.0130. The minimum atomic E-state index is -4.95. The van der Waals surface area contributed by atoms with Gasteiger partial charge < -0.3 is 9.84 Å². The number of carboxylic acid groups (broad SMARTS) is 1. The van der Waals surface area contributed by atoms with Gasteiger partial charge >= 0.3 is 18.2 Å². The van der Waals surface area contributed by atoms with Gasteiger partial charge in [0.25, 0.3) is 0 Å². The van der Waals surface area contributed by atoms with Crippen LogP contribution in [0.2, 0.25) is 5.02 Å². The Morgan fingerprint density at radius 2 is 1.89 bits per heavy atom. The third kappa shape index (κ3) is 4.30. The smallest absolute Gasteiger partial charge is 0.479 e. The Morgan fingerprint density at radius 1 is 1.30 bits per heavy atom. The Hall–Kier alpha value is -2.40. The highest BCUT2D eigenvalue weighted by Crippen LogP contribution is 2.42. The molecule has 0 atom stereocenters. The molecule has 1 N–H and O–H groups in total. The summed E-state index contributed by atoms with van der Waals surface area (Å²) in [5.74, 6) is -0.845. The molecule has 1 aromatic carbocycles. The van der Waals surface area contributed by atoms with Crippen molar-refractivity contribution in [1.29, 1.82) is 0 Å². The molecule has 146 valence electrons. The van der Waals surface area contributed by atoms with Crippen LogP contribution in [0.25, 0.3) is 0 Å². The summed E-state index contributed by atoms with van der Waals surface area (Å²) >= 11 is 5.93. The highest BCUT2D eigenvalue weighted by molar-refractivity contribution is 6.32. The standard InChI is InChI=1S/C18H17ClF3NO4/c1-3-14(24)23(17(16(25)26)7-5-4-6-8-17)12-9-11(2)15(13(19)10-12)27-18(20,21)22/h1,9-10H,4-8H2,2H3,(H,25,26). The molecule has 0 aromatic heterocycles. The van der Waals surface area contributed by atoms with Crippen LogP contribution in [0.15, 0.2) is 12.1 Å². The molecule has 0 saturated heterocycles. The van der Waals surface area contributed by atoms with Crippen LogP contribution in [0, 0.1) is 19.3 Å². The lowest BCUT2D eigenvalue weighted by Crippen LogP contribution is -2.58. The van der Waals surface area contributed by atoms with Gasteiger partial charge in [-0.05, 0) is 43.4 Å². The summed E-state index contributed by atoms with van der Waals surface area (Å²) in [4.78, 5) is 25.4. The number of amides is 1. The van der Waals surface area contributed by atoms with E-state index in [-0.39, 0.29) is 24.1 Å². The molecular weight excluding hydrogens is 387 g/mol. The number of ether oxygens (including phenoxy) is 1. The maximum absolute atomic E-state index is 12.6.